The van der Waals surface area contributed by atoms with Gasteiger partial charge in [0.15, 0.2) is 0 Å². The lowest BCUT2D eigenvalue weighted by Gasteiger charge is -2.37. The van der Waals surface area contributed by atoms with Gasteiger partial charge in [-0.25, -0.2) is 12.7 Å². The lowest BCUT2D eigenvalue weighted by molar-refractivity contribution is -0.125. The Morgan fingerprint density at radius 1 is 1.37 bits per heavy atom. The van der Waals surface area contributed by atoms with Crippen LogP contribution in [0.3, 0.4) is 0 Å². The monoisotopic (exact) mass is 283 g/mol. The fourth-order valence-corrected chi connectivity index (χ4v) is 7.33. The van der Waals surface area contributed by atoms with Gasteiger partial charge < -0.3 is 0 Å². The average molecular weight is 283 g/mol. The first kappa shape index (κ1) is 13.2. The van der Waals surface area contributed by atoms with Crippen LogP contribution >= 0.6 is 0 Å². The van der Waals surface area contributed by atoms with E-state index in [9.17, 15) is 13.2 Å². The Kier molecular flexibility index (Phi) is 2.37. The van der Waals surface area contributed by atoms with Gasteiger partial charge in [-0.15, -0.1) is 0 Å². The quantitative estimate of drug-likeness (QED) is 0.691. The molecule has 3 aliphatic rings. The lowest BCUT2D eigenvalue weighted by Crippen LogP contribution is -2.44. The molecule has 19 heavy (non-hydrogen) atoms. The SMILES string of the molecule is C=C(C)C(=O)N1[C@@H]2C[C@@H]3CC[C@]2(CS1(=O)=O)C3(C)C. The molecule has 1 spiro atoms. The van der Waals surface area contributed by atoms with Crippen molar-refractivity contribution in [2.75, 3.05) is 5.75 Å². The minimum Gasteiger partial charge on any atom is -0.268 e. The number of amides is 1. The molecular weight excluding hydrogens is 262 g/mol. The molecule has 106 valence electrons. The largest absolute Gasteiger partial charge is 0.268 e. The van der Waals surface area contributed by atoms with Gasteiger partial charge >= 0.3 is 0 Å². The van der Waals surface area contributed by atoms with E-state index in [4.69, 9.17) is 0 Å². The number of nitrogens with zero attached hydrogens (tertiary/aromatic N) is 1. The number of hydrogen-bond acceptors (Lipinski definition) is 3. The molecule has 1 heterocycles. The second-order valence-corrected chi connectivity index (χ2v) is 8.85. The van der Waals surface area contributed by atoms with Gasteiger partial charge in [0.1, 0.15) is 0 Å². The van der Waals surface area contributed by atoms with Crippen LogP contribution in [0.4, 0.5) is 0 Å². The third-order valence-electron chi connectivity index (χ3n) is 5.98. The summed E-state index contributed by atoms with van der Waals surface area (Å²) in [5.41, 5.74) is 0.0809. The minimum absolute atomic E-state index is 0.00877. The molecule has 0 radical (unpaired) electrons. The number of sulfonamides is 1. The lowest BCUT2D eigenvalue weighted by atomic mass is 9.69. The Balaban J connectivity index is 2.12. The van der Waals surface area contributed by atoms with E-state index in [1.165, 1.54) is 0 Å². The van der Waals surface area contributed by atoms with Crippen LogP contribution in [0.15, 0.2) is 12.2 Å². The molecule has 1 amide bonds. The summed E-state index contributed by atoms with van der Waals surface area (Å²) in [7, 11) is -3.48. The van der Waals surface area contributed by atoms with Gasteiger partial charge in [0.05, 0.1) is 11.8 Å². The zero-order valence-electron chi connectivity index (χ0n) is 11.8. The Labute approximate surface area is 114 Å². The van der Waals surface area contributed by atoms with Crippen molar-refractivity contribution in [3.8, 4) is 0 Å². The fourth-order valence-electron chi connectivity index (χ4n) is 4.74. The van der Waals surface area contributed by atoms with Gasteiger partial charge in [-0.3, -0.25) is 4.79 Å². The highest BCUT2D eigenvalue weighted by Crippen LogP contribution is 2.70. The molecule has 2 aliphatic carbocycles. The van der Waals surface area contributed by atoms with Crippen LogP contribution in [-0.4, -0.2) is 30.4 Å². The Hall–Kier alpha value is -0.840. The molecule has 1 saturated heterocycles. The van der Waals surface area contributed by atoms with Crippen LogP contribution in [0, 0.1) is 16.7 Å². The zero-order chi connectivity index (χ0) is 14.2. The van der Waals surface area contributed by atoms with Crippen molar-refractivity contribution in [1.29, 1.82) is 0 Å². The zero-order valence-corrected chi connectivity index (χ0v) is 12.6. The summed E-state index contributed by atoms with van der Waals surface area (Å²) in [4.78, 5) is 12.2. The normalized spacial score (nSPS) is 41.3. The van der Waals surface area contributed by atoms with Crippen LogP contribution in [0.25, 0.3) is 0 Å². The first-order valence-corrected chi connectivity index (χ1v) is 8.46. The molecule has 5 heteroatoms. The van der Waals surface area contributed by atoms with Crippen molar-refractivity contribution in [3.05, 3.63) is 12.2 Å². The maximum atomic E-state index is 12.5. The Bertz CT molecular complexity index is 577. The Morgan fingerprint density at radius 2 is 2.00 bits per heavy atom. The van der Waals surface area contributed by atoms with E-state index in [1.807, 2.05) is 0 Å². The third-order valence-corrected chi connectivity index (χ3v) is 7.88. The van der Waals surface area contributed by atoms with Gasteiger partial charge in [0.2, 0.25) is 10.0 Å². The van der Waals surface area contributed by atoms with Crippen molar-refractivity contribution in [1.82, 2.24) is 4.31 Å². The first-order chi connectivity index (χ1) is 8.63. The molecule has 1 aliphatic heterocycles. The van der Waals surface area contributed by atoms with E-state index in [1.54, 1.807) is 6.92 Å². The highest BCUT2D eigenvalue weighted by atomic mass is 32.2. The highest BCUT2D eigenvalue weighted by Gasteiger charge is 2.72. The minimum atomic E-state index is -3.48. The predicted molar refractivity (Wildman–Crippen MR) is 72.8 cm³/mol. The fraction of sp³-hybridized carbons (Fsp3) is 0.786. The number of carbonyl (C=O) groups excluding carboxylic acids is 1. The van der Waals surface area contributed by atoms with Crippen LogP contribution in [-0.2, 0) is 14.8 Å². The second kappa shape index (κ2) is 3.43. The van der Waals surface area contributed by atoms with Gasteiger partial charge in [0.25, 0.3) is 5.91 Å². The van der Waals surface area contributed by atoms with Gasteiger partial charge in [-0.1, -0.05) is 20.4 Å². The van der Waals surface area contributed by atoms with Crippen LogP contribution in [0.1, 0.15) is 40.0 Å². The smallest absolute Gasteiger partial charge is 0.262 e. The molecule has 0 N–H and O–H groups in total. The molecule has 3 fully saturated rings. The summed E-state index contributed by atoms with van der Waals surface area (Å²) >= 11 is 0. The molecule has 3 rings (SSSR count). The topological polar surface area (TPSA) is 54.5 Å². The number of fused-ring (bicyclic) bond motifs is 1. The van der Waals surface area contributed by atoms with Crippen molar-refractivity contribution < 1.29 is 13.2 Å². The molecule has 2 bridgehead atoms. The number of hydrogen-bond donors (Lipinski definition) is 0. The van der Waals surface area contributed by atoms with Crippen molar-refractivity contribution in [2.45, 2.75) is 46.1 Å². The standard InChI is InChI=1S/C14H21NO3S/c1-9(2)12(16)15-11-7-10-5-6-14(11,13(10,3)4)8-19(15,17)18/h10-11H,1,5-8H2,2-4H3/t10-,11+,14+/m0/s1. The van der Waals surface area contributed by atoms with Gasteiger partial charge in [0, 0.05) is 11.0 Å². The van der Waals surface area contributed by atoms with Gasteiger partial charge in [-0.05, 0) is 37.5 Å². The molecule has 0 aromatic heterocycles. The van der Waals surface area contributed by atoms with Crippen molar-refractivity contribution >= 4 is 15.9 Å². The van der Waals surface area contributed by atoms with Crippen LogP contribution in [0.2, 0.25) is 0 Å². The van der Waals surface area contributed by atoms with E-state index in [0.717, 1.165) is 23.6 Å². The van der Waals surface area contributed by atoms with Gasteiger partial charge in [-0.2, -0.15) is 0 Å². The number of carbonyl (C=O) groups is 1. The molecule has 3 atom stereocenters. The van der Waals surface area contributed by atoms with Crippen LogP contribution < -0.4 is 0 Å². The summed E-state index contributed by atoms with van der Waals surface area (Å²) in [5.74, 6) is 0.256. The summed E-state index contributed by atoms with van der Waals surface area (Å²) < 4.78 is 26.1. The maximum absolute atomic E-state index is 12.5. The molecule has 0 aromatic carbocycles. The predicted octanol–water partition coefficient (Wildman–Crippen LogP) is 1.93. The summed E-state index contributed by atoms with van der Waals surface area (Å²) in [6, 6.07) is -0.143. The third kappa shape index (κ3) is 1.34. The molecule has 0 unspecified atom stereocenters. The molecule has 2 saturated carbocycles. The molecular formula is C14H21NO3S. The van der Waals surface area contributed by atoms with Crippen molar-refractivity contribution in [2.24, 2.45) is 16.7 Å². The van der Waals surface area contributed by atoms with E-state index >= 15 is 0 Å². The van der Waals surface area contributed by atoms with E-state index in [-0.39, 0.29) is 22.6 Å². The molecule has 0 aromatic rings. The van der Waals surface area contributed by atoms with Crippen molar-refractivity contribution in [3.63, 3.8) is 0 Å². The van der Waals surface area contributed by atoms with E-state index in [2.05, 4.69) is 20.4 Å². The summed E-state index contributed by atoms with van der Waals surface area (Å²) in [5, 5.41) is 0. The molecule has 4 nitrogen and oxygen atoms in total. The second-order valence-electron chi connectivity index (χ2n) is 7.00. The van der Waals surface area contributed by atoms with E-state index < -0.39 is 15.9 Å². The first-order valence-electron chi connectivity index (χ1n) is 6.85. The average Bonchev–Trinajstić information content (AvgIpc) is 2.74. The Morgan fingerprint density at radius 3 is 2.53 bits per heavy atom. The maximum Gasteiger partial charge on any atom is 0.262 e. The highest BCUT2D eigenvalue weighted by molar-refractivity contribution is 7.90. The summed E-state index contributed by atoms with van der Waals surface area (Å²) in [6.45, 7) is 9.56. The van der Waals surface area contributed by atoms with E-state index in [0.29, 0.717) is 11.5 Å². The number of rotatable bonds is 1. The summed E-state index contributed by atoms with van der Waals surface area (Å²) in [6.07, 6.45) is 2.84. The van der Waals surface area contributed by atoms with Crippen LogP contribution in [0.5, 0.6) is 0 Å².